The zero-order chi connectivity index (χ0) is 14.9. The molecule has 0 aliphatic carbocycles. The van der Waals surface area contributed by atoms with Gasteiger partial charge in [-0.3, -0.25) is 4.79 Å². The van der Waals surface area contributed by atoms with Crippen molar-refractivity contribution < 1.29 is 23.8 Å². The maximum atomic E-state index is 13.4. The predicted molar refractivity (Wildman–Crippen MR) is 69.6 cm³/mol. The van der Waals surface area contributed by atoms with Crippen LogP contribution >= 0.6 is 15.9 Å². The van der Waals surface area contributed by atoms with Crippen molar-refractivity contribution in [2.75, 3.05) is 7.11 Å². The van der Waals surface area contributed by atoms with Crippen LogP contribution in [0.15, 0.2) is 22.9 Å². The second-order valence-electron chi connectivity index (χ2n) is 3.73. The number of hydrogen-bond acceptors (Lipinski definition) is 4. The van der Waals surface area contributed by atoms with Crippen LogP contribution in [-0.2, 0) is 0 Å². The molecular formula is C12H8BrFN2O4. The van der Waals surface area contributed by atoms with E-state index in [0.717, 1.165) is 12.4 Å². The Kier molecular flexibility index (Phi) is 3.84. The number of methoxy groups -OCH3 is 1. The molecule has 0 unspecified atom stereocenters. The number of rotatable bonds is 4. The Bertz CT molecular complexity index is 699. The number of benzene rings is 1. The molecule has 1 aromatic heterocycles. The molecule has 2 aromatic rings. The monoisotopic (exact) mass is 342 g/mol. The molecule has 1 aromatic carbocycles. The zero-order valence-corrected chi connectivity index (χ0v) is 11.7. The second-order valence-corrected chi connectivity index (χ2v) is 4.58. The Hall–Kier alpha value is -2.22. The number of imidazole rings is 1. The van der Waals surface area contributed by atoms with Crippen LogP contribution in [-0.4, -0.2) is 33.9 Å². The number of ether oxygens (including phenoxy) is 1. The number of carbonyl (C=O) groups excluding carboxylic acids is 1. The van der Waals surface area contributed by atoms with Crippen LogP contribution < -0.4 is 4.74 Å². The van der Waals surface area contributed by atoms with Crippen molar-refractivity contribution >= 4 is 27.7 Å². The van der Waals surface area contributed by atoms with Gasteiger partial charge in [0.15, 0.2) is 5.69 Å². The summed E-state index contributed by atoms with van der Waals surface area (Å²) in [6.45, 7) is 0. The number of hydrogen-bond donors (Lipinski definition) is 2. The molecule has 2 rings (SSSR count). The van der Waals surface area contributed by atoms with Gasteiger partial charge >= 0.3 is 5.97 Å². The lowest BCUT2D eigenvalue weighted by Gasteiger charge is -2.08. The zero-order valence-electron chi connectivity index (χ0n) is 10.1. The Morgan fingerprint density at radius 3 is 2.75 bits per heavy atom. The summed E-state index contributed by atoms with van der Waals surface area (Å²) in [5.74, 6) is -2.60. The molecular weight excluding hydrogens is 335 g/mol. The van der Waals surface area contributed by atoms with Gasteiger partial charge in [0.25, 0.3) is 0 Å². The van der Waals surface area contributed by atoms with Crippen LogP contribution in [0.5, 0.6) is 5.75 Å². The molecule has 0 aliphatic heterocycles. The summed E-state index contributed by atoms with van der Waals surface area (Å²) in [6, 6.07) is 2.25. The molecule has 0 aliphatic rings. The molecule has 20 heavy (non-hydrogen) atoms. The number of carbonyl (C=O) groups is 2. The first-order valence-corrected chi connectivity index (χ1v) is 6.09. The molecule has 0 spiro atoms. The minimum atomic E-state index is -1.31. The van der Waals surface area contributed by atoms with E-state index in [0.29, 0.717) is 0 Å². The normalized spacial score (nSPS) is 10.3. The summed E-state index contributed by atoms with van der Waals surface area (Å²) in [6.07, 6.45) is 1.10. The lowest BCUT2D eigenvalue weighted by Crippen LogP contribution is -2.11. The predicted octanol–water partition coefficient (Wildman–Crippen LogP) is 2.25. The van der Waals surface area contributed by atoms with Crippen molar-refractivity contribution in [2.24, 2.45) is 0 Å². The number of H-pyrrole nitrogens is 1. The highest BCUT2D eigenvalue weighted by Gasteiger charge is 2.24. The van der Waals surface area contributed by atoms with E-state index >= 15 is 0 Å². The number of carboxylic acid groups (broad SMARTS) is 1. The fraction of sp³-hybridized carbons (Fsp3) is 0.0833. The van der Waals surface area contributed by atoms with Crippen molar-refractivity contribution in [3.05, 3.63) is 45.7 Å². The standard InChI is InChI=1S/C12H8BrFN2O4/c1-20-8-3-7(14)6(13)2-5(8)11(17)9-10(12(18)19)16-4-15-9/h2-4H,1H3,(H,15,16)(H,18,19). The maximum Gasteiger partial charge on any atom is 0.354 e. The molecule has 0 amide bonds. The second kappa shape index (κ2) is 5.41. The van der Waals surface area contributed by atoms with Crippen molar-refractivity contribution in [1.82, 2.24) is 9.97 Å². The van der Waals surface area contributed by atoms with E-state index < -0.39 is 17.6 Å². The van der Waals surface area contributed by atoms with Crippen molar-refractivity contribution in [3.8, 4) is 5.75 Å². The summed E-state index contributed by atoms with van der Waals surface area (Å²) < 4.78 is 18.4. The molecule has 0 atom stereocenters. The largest absolute Gasteiger partial charge is 0.496 e. The van der Waals surface area contributed by atoms with Crippen LogP contribution in [0.3, 0.4) is 0 Å². The fourth-order valence-corrected chi connectivity index (χ4v) is 1.98. The van der Waals surface area contributed by atoms with E-state index in [1.807, 2.05) is 0 Å². The van der Waals surface area contributed by atoms with Gasteiger partial charge in [-0.15, -0.1) is 0 Å². The molecule has 8 heteroatoms. The van der Waals surface area contributed by atoms with Gasteiger partial charge in [0, 0.05) is 6.07 Å². The topological polar surface area (TPSA) is 92.3 Å². The Balaban J connectivity index is 2.56. The average Bonchev–Trinajstić information content (AvgIpc) is 2.90. The summed E-state index contributed by atoms with van der Waals surface area (Å²) in [5, 5.41) is 8.95. The quantitative estimate of drug-likeness (QED) is 0.831. The first-order chi connectivity index (χ1) is 9.45. The number of aromatic amines is 1. The van der Waals surface area contributed by atoms with Gasteiger partial charge in [0.2, 0.25) is 5.78 Å². The highest BCUT2D eigenvalue weighted by atomic mass is 79.9. The van der Waals surface area contributed by atoms with Crippen LogP contribution in [0, 0.1) is 5.82 Å². The third-order valence-electron chi connectivity index (χ3n) is 2.56. The molecule has 6 nitrogen and oxygen atoms in total. The van der Waals surface area contributed by atoms with Crippen molar-refractivity contribution in [3.63, 3.8) is 0 Å². The minimum Gasteiger partial charge on any atom is -0.496 e. The Morgan fingerprint density at radius 2 is 2.15 bits per heavy atom. The van der Waals surface area contributed by atoms with Crippen molar-refractivity contribution in [1.29, 1.82) is 0 Å². The Labute approximate surface area is 120 Å². The van der Waals surface area contributed by atoms with Gasteiger partial charge < -0.3 is 14.8 Å². The maximum absolute atomic E-state index is 13.4. The number of carboxylic acids is 1. The smallest absolute Gasteiger partial charge is 0.354 e. The fourth-order valence-electron chi connectivity index (χ4n) is 1.63. The average molecular weight is 343 g/mol. The molecule has 0 saturated carbocycles. The van der Waals surface area contributed by atoms with Gasteiger partial charge in [0.1, 0.15) is 17.3 Å². The van der Waals surface area contributed by atoms with Gasteiger partial charge in [-0.05, 0) is 22.0 Å². The van der Waals surface area contributed by atoms with Crippen molar-refractivity contribution in [2.45, 2.75) is 0 Å². The van der Waals surface area contributed by atoms with E-state index in [9.17, 15) is 14.0 Å². The number of ketones is 1. The number of nitrogens with zero attached hydrogens (tertiary/aromatic N) is 1. The van der Waals surface area contributed by atoms with Crippen LogP contribution in [0.25, 0.3) is 0 Å². The molecule has 0 radical (unpaired) electrons. The third kappa shape index (κ3) is 2.42. The van der Waals surface area contributed by atoms with E-state index in [1.165, 1.54) is 13.2 Å². The third-order valence-corrected chi connectivity index (χ3v) is 3.16. The summed E-state index contributed by atoms with van der Waals surface area (Å²) in [5.41, 5.74) is -0.595. The van der Waals surface area contributed by atoms with Gasteiger partial charge in [-0.2, -0.15) is 0 Å². The number of halogens is 2. The molecule has 104 valence electrons. The highest BCUT2D eigenvalue weighted by Crippen LogP contribution is 2.28. The van der Waals surface area contributed by atoms with Gasteiger partial charge in [-0.25, -0.2) is 14.2 Å². The van der Waals surface area contributed by atoms with Gasteiger partial charge in [0.05, 0.1) is 23.5 Å². The van der Waals surface area contributed by atoms with Crippen LogP contribution in [0.1, 0.15) is 26.5 Å². The summed E-state index contributed by atoms with van der Waals surface area (Å²) in [4.78, 5) is 29.3. The summed E-state index contributed by atoms with van der Waals surface area (Å²) >= 11 is 2.96. The van der Waals surface area contributed by atoms with E-state index in [1.54, 1.807) is 0 Å². The lowest BCUT2D eigenvalue weighted by molar-refractivity contribution is 0.0686. The highest BCUT2D eigenvalue weighted by molar-refractivity contribution is 9.10. The number of aromatic nitrogens is 2. The van der Waals surface area contributed by atoms with E-state index in [4.69, 9.17) is 9.84 Å². The van der Waals surface area contributed by atoms with Crippen LogP contribution in [0.4, 0.5) is 4.39 Å². The molecule has 0 fully saturated rings. The first kappa shape index (κ1) is 14.2. The van der Waals surface area contributed by atoms with E-state index in [2.05, 4.69) is 25.9 Å². The first-order valence-electron chi connectivity index (χ1n) is 5.30. The van der Waals surface area contributed by atoms with E-state index in [-0.39, 0.29) is 27.2 Å². The van der Waals surface area contributed by atoms with Crippen LogP contribution in [0.2, 0.25) is 0 Å². The van der Waals surface area contributed by atoms with Gasteiger partial charge in [-0.1, -0.05) is 0 Å². The SMILES string of the molecule is COc1cc(F)c(Br)cc1C(=O)c1nc[nH]c1C(=O)O. The minimum absolute atomic E-state index is 0.00459. The number of aromatic carboxylic acids is 1. The molecule has 2 N–H and O–H groups in total. The number of nitrogens with one attached hydrogen (secondary N) is 1. The molecule has 0 bridgehead atoms. The Morgan fingerprint density at radius 1 is 1.45 bits per heavy atom. The summed E-state index contributed by atoms with van der Waals surface area (Å²) in [7, 11) is 1.28. The lowest BCUT2D eigenvalue weighted by atomic mass is 10.1. The molecule has 1 heterocycles. The molecule has 0 saturated heterocycles.